The second-order valence-corrected chi connectivity index (χ2v) is 6.96. The van der Waals surface area contributed by atoms with Crippen molar-refractivity contribution in [1.82, 2.24) is 0 Å². The number of anilines is 1. The van der Waals surface area contributed by atoms with Gasteiger partial charge in [0, 0.05) is 10.8 Å². The Bertz CT molecular complexity index is 504. The molecule has 1 aromatic carbocycles. The van der Waals surface area contributed by atoms with Crippen molar-refractivity contribution in [3.05, 3.63) is 28.2 Å². The molecule has 1 aliphatic heterocycles. The second kappa shape index (κ2) is 5.94. The fourth-order valence-electron chi connectivity index (χ4n) is 2.70. The van der Waals surface area contributed by atoms with E-state index in [1.165, 1.54) is 25.7 Å². The van der Waals surface area contributed by atoms with Crippen LogP contribution in [0.15, 0.2) is 23.2 Å². The van der Waals surface area contributed by atoms with E-state index in [1.807, 2.05) is 12.1 Å². The lowest BCUT2D eigenvalue weighted by molar-refractivity contribution is 0.336. The van der Waals surface area contributed by atoms with Gasteiger partial charge in [-0.1, -0.05) is 47.8 Å². The number of amidine groups is 1. The van der Waals surface area contributed by atoms with E-state index in [-0.39, 0.29) is 0 Å². The van der Waals surface area contributed by atoms with E-state index in [9.17, 15) is 0 Å². The Morgan fingerprint density at radius 1 is 1.21 bits per heavy atom. The van der Waals surface area contributed by atoms with Gasteiger partial charge in [0.2, 0.25) is 0 Å². The smallest absolute Gasteiger partial charge is 0.161 e. The Balaban J connectivity index is 1.76. The number of aliphatic imine (C=N–C) groups is 1. The summed E-state index contributed by atoms with van der Waals surface area (Å²) in [6, 6.07) is 5.95. The van der Waals surface area contributed by atoms with Crippen LogP contribution in [0.1, 0.15) is 25.7 Å². The Hall–Kier alpha value is -0.380. The van der Waals surface area contributed by atoms with Crippen molar-refractivity contribution in [1.29, 1.82) is 0 Å². The second-order valence-electron chi connectivity index (χ2n) is 5.11. The molecule has 1 aliphatic carbocycles. The van der Waals surface area contributed by atoms with Gasteiger partial charge in [0.25, 0.3) is 0 Å². The molecular formula is C14H16Cl2N2S. The molecule has 2 atom stereocenters. The Morgan fingerprint density at radius 2 is 2.05 bits per heavy atom. The van der Waals surface area contributed by atoms with Crippen LogP contribution in [-0.2, 0) is 0 Å². The molecule has 19 heavy (non-hydrogen) atoms. The highest BCUT2D eigenvalue weighted by molar-refractivity contribution is 8.14. The molecule has 2 nitrogen and oxygen atoms in total. The molecule has 0 amide bonds. The fraction of sp³-hybridized carbons (Fsp3) is 0.500. The first-order valence-corrected chi connectivity index (χ1v) is 8.39. The standard InChI is InChI=1S/C14H16Cl2N2S/c15-10-5-6-11(16)13(7-10)18-14-17-12-4-2-1-3-9(12)8-19-14/h5-7,9,12H,1-4,8H2,(H,17,18). The number of halogens is 2. The molecule has 1 fully saturated rings. The maximum atomic E-state index is 6.17. The average Bonchev–Trinajstić information content (AvgIpc) is 2.43. The first-order chi connectivity index (χ1) is 9.22. The van der Waals surface area contributed by atoms with Crippen LogP contribution < -0.4 is 5.32 Å². The van der Waals surface area contributed by atoms with Crippen molar-refractivity contribution in [2.75, 3.05) is 11.1 Å². The summed E-state index contributed by atoms with van der Waals surface area (Å²) in [5.74, 6) is 1.92. The molecule has 1 N–H and O–H groups in total. The van der Waals surface area contributed by atoms with Crippen LogP contribution in [0, 0.1) is 5.92 Å². The molecule has 2 aliphatic rings. The third-order valence-corrected chi connectivity index (χ3v) is 5.40. The zero-order valence-electron chi connectivity index (χ0n) is 10.5. The first-order valence-electron chi connectivity index (χ1n) is 6.65. The van der Waals surface area contributed by atoms with E-state index in [0.29, 0.717) is 16.1 Å². The van der Waals surface area contributed by atoms with Crippen LogP contribution in [0.2, 0.25) is 10.0 Å². The molecular weight excluding hydrogens is 299 g/mol. The number of thioether (sulfide) groups is 1. The minimum atomic E-state index is 0.496. The number of hydrogen-bond donors (Lipinski definition) is 1. The summed E-state index contributed by atoms with van der Waals surface area (Å²) < 4.78 is 0. The summed E-state index contributed by atoms with van der Waals surface area (Å²) in [4.78, 5) is 4.84. The predicted molar refractivity (Wildman–Crippen MR) is 85.7 cm³/mol. The highest BCUT2D eigenvalue weighted by Crippen LogP contribution is 2.35. The Kier molecular flexibility index (Phi) is 4.25. The Morgan fingerprint density at radius 3 is 2.95 bits per heavy atom. The minimum absolute atomic E-state index is 0.496. The molecule has 1 heterocycles. The quantitative estimate of drug-likeness (QED) is 0.782. The van der Waals surface area contributed by atoms with Crippen molar-refractivity contribution in [2.45, 2.75) is 31.7 Å². The van der Waals surface area contributed by atoms with Crippen molar-refractivity contribution in [2.24, 2.45) is 10.9 Å². The zero-order chi connectivity index (χ0) is 13.2. The van der Waals surface area contributed by atoms with E-state index in [2.05, 4.69) is 5.32 Å². The van der Waals surface area contributed by atoms with Crippen molar-refractivity contribution < 1.29 is 0 Å². The molecule has 0 saturated heterocycles. The van der Waals surface area contributed by atoms with E-state index in [4.69, 9.17) is 28.2 Å². The average molecular weight is 315 g/mol. The van der Waals surface area contributed by atoms with Gasteiger partial charge < -0.3 is 5.32 Å². The van der Waals surface area contributed by atoms with Gasteiger partial charge in [-0.2, -0.15) is 0 Å². The highest BCUT2D eigenvalue weighted by atomic mass is 35.5. The lowest BCUT2D eigenvalue weighted by Gasteiger charge is -2.32. The summed E-state index contributed by atoms with van der Waals surface area (Å²) in [6.45, 7) is 0. The predicted octanol–water partition coefficient (Wildman–Crippen LogP) is 5.07. The maximum Gasteiger partial charge on any atom is 0.161 e. The normalized spacial score (nSPS) is 26.5. The molecule has 0 spiro atoms. The van der Waals surface area contributed by atoms with Crippen LogP contribution >= 0.6 is 35.0 Å². The molecule has 0 radical (unpaired) electrons. The number of nitrogens with one attached hydrogen (secondary N) is 1. The molecule has 0 bridgehead atoms. The van der Waals surface area contributed by atoms with Gasteiger partial charge in [-0.05, 0) is 37.0 Å². The first kappa shape index (κ1) is 13.6. The van der Waals surface area contributed by atoms with Crippen LogP contribution in [0.25, 0.3) is 0 Å². The summed E-state index contributed by atoms with van der Waals surface area (Å²) in [7, 11) is 0. The third kappa shape index (κ3) is 3.21. The van der Waals surface area contributed by atoms with E-state index < -0.39 is 0 Å². The van der Waals surface area contributed by atoms with Crippen molar-refractivity contribution in [3.63, 3.8) is 0 Å². The van der Waals surface area contributed by atoms with E-state index in [1.54, 1.807) is 17.8 Å². The topological polar surface area (TPSA) is 24.4 Å². The monoisotopic (exact) mass is 314 g/mol. The van der Waals surface area contributed by atoms with Crippen LogP contribution in [-0.4, -0.2) is 17.0 Å². The number of nitrogens with zero attached hydrogens (tertiary/aromatic N) is 1. The van der Waals surface area contributed by atoms with Crippen LogP contribution in [0.5, 0.6) is 0 Å². The minimum Gasteiger partial charge on any atom is -0.334 e. The summed E-state index contributed by atoms with van der Waals surface area (Å²) in [5.41, 5.74) is 0.842. The van der Waals surface area contributed by atoms with Gasteiger partial charge in [0.15, 0.2) is 5.17 Å². The van der Waals surface area contributed by atoms with Gasteiger partial charge >= 0.3 is 0 Å². The summed E-state index contributed by atoms with van der Waals surface area (Å²) in [5, 5.41) is 5.66. The highest BCUT2D eigenvalue weighted by Gasteiger charge is 2.29. The number of benzene rings is 1. The van der Waals surface area contributed by atoms with E-state index in [0.717, 1.165) is 22.5 Å². The summed E-state index contributed by atoms with van der Waals surface area (Å²) in [6.07, 6.45) is 5.21. The zero-order valence-corrected chi connectivity index (χ0v) is 12.9. The number of fused-ring (bicyclic) bond motifs is 1. The Labute approximate surface area is 128 Å². The molecule has 0 aromatic heterocycles. The van der Waals surface area contributed by atoms with Crippen LogP contribution in [0.3, 0.4) is 0 Å². The lowest BCUT2D eigenvalue weighted by Crippen LogP contribution is -2.31. The SMILES string of the molecule is Clc1ccc(Cl)c(NC2=NC3CCCCC3CS2)c1. The largest absolute Gasteiger partial charge is 0.334 e. The van der Waals surface area contributed by atoms with E-state index >= 15 is 0 Å². The van der Waals surface area contributed by atoms with Crippen LogP contribution in [0.4, 0.5) is 5.69 Å². The van der Waals surface area contributed by atoms with Crippen molar-refractivity contribution >= 4 is 45.8 Å². The van der Waals surface area contributed by atoms with Gasteiger partial charge in [0.1, 0.15) is 0 Å². The van der Waals surface area contributed by atoms with Gasteiger partial charge in [-0.3, -0.25) is 4.99 Å². The molecule has 2 unspecified atom stereocenters. The van der Waals surface area contributed by atoms with Gasteiger partial charge in [0.05, 0.1) is 16.8 Å². The molecule has 3 rings (SSSR count). The summed E-state index contributed by atoms with van der Waals surface area (Å²) >= 11 is 14.0. The third-order valence-electron chi connectivity index (χ3n) is 3.76. The van der Waals surface area contributed by atoms with Crippen molar-refractivity contribution in [3.8, 4) is 0 Å². The number of rotatable bonds is 1. The molecule has 1 aromatic rings. The number of hydrogen-bond acceptors (Lipinski definition) is 3. The lowest BCUT2D eigenvalue weighted by atomic mass is 9.86. The van der Waals surface area contributed by atoms with Gasteiger partial charge in [-0.15, -0.1) is 0 Å². The molecule has 1 saturated carbocycles. The van der Waals surface area contributed by atoms with Gasteiger partial charge in [-0.25, -0.2) is 0 Å². The fourth-order valence-corrected chi connectivity index (χ4v) is 4.19. The maximum absolute atomic E-state index is 6.17. The molecule has 102 valence electrons. The molecule has 5 heteroatoms.